The van der Waals surface area contributed by atoms with Gasteiger partial charge in [-0.05, 0) is 57.9 Å². The summed E-state index contributed by atoms with van der Waals surface area (Å²) in [7, 11) is 1.57. The fourth-order valence-corrected chi connectivity index (χ4v) is 4.87. The molecule has 12 nitrogen and oxygen atoms in total. The van der Waals surface area contributed by atoms with Crippen molar-refractivity contribution in [1.82, 2.24) is 30.0 Å². The maximum Gasteiger partial charge on any atom is 0.410 e. The van der Waals surface area contributed by atoms with E-state index in [4.69, 9.17) is 24.5 Å². The molecule has 2 fully saturated rings. The summed E-state index contributed by atoms with van der Waals surface area (Å²) in [6, 6.07) is 7.10. The number of nitrogens with zero attached hydrogens (tertiary/aromatic N) is 6. The molecule has 0 saturated carbocycles. The molecule has 12 heteroatoms. The van der Waals surface area contributed by atoms with Crippen molar-refractivity contribution in [3.05, 3.63) is 30.5 Å². The summed E-state index contributed by atoms with van der Waals surface area (Å²) in [4.78, 5) is 38.4. The molecule has 39 heavy (non-hydrogen) atoms. The van der Waals surface area contributed by atoms with E-state index in [-0.39, 0.29) is 18.2 Å². The highest BCUT2D eigenvalue weighted by Gasteiger charge is 2.31. The van der Waals surface area contributed by atoms with Gasteiger partial charge in [0.2, 0.25) is 0 Å². The molecule has 5 rings (SSSR count). The lowest BCUT2D eigenvalue weighted by Crippen LogP contribution is -2.43. The third-order valence-corrected chi connectivity index (χ3v) is 6.77. The summed E-state index contributed by atoms with van der Waals surface area (Å²) in [5.74, 6) is 1.38. The predicted octanol–water partition coefficient (Wildman–Crippen LogP) is 3.65. The van der Waals surface area contributed by atoms with Crippen LogP contribution >= 0.6 is 0 Å². The smallest absolute Gasteiger partial charge is 0.410 e. The van der Waals surface area contributed by atoms with E-state index >= 15 is 0 Å². The van der Waals surface area contributed by atoms with Gasteiger partial charge in [-0.3, -0.25) is 0 Å². The van der Waals surface area contributed by atoms with Crippen molar-refractivity contribution < 1.29 is 19.1 Å². The Kier molecular flexibility index (Phi) is 7.56. The van der Waals surface area contributed by atoms with Gasteiger partial charge in [0.1, 0.15) is 11.4 Å². The van der Waals surface area contributed by atoms with Crippen LogP contribution in [0.3, 0.4) is 0 Å². The van der Waals surface area contributed by atoms with Crippen LogP contribution in [-0.2, 0) is 9.47 Å². The van der Waals surface area contributed by atoms with Crippen molar-refractivity contribution in [3.63, 3.8) is 0 Å². The Hall–Kier alpha value is -3.93. The van der Waals surface area contributed by atoms with Crippen LogP contribution in [0.1, 0.15) is 39.7 Å². The van der Waals surface area contributed by atoms with Gasteiger partial charge in [0.15, 0.2) is 11.5 Å². The van der Waals surface area contributed by atoms with Crippen LogP contribution in [0.15, 0.2) is 30.5 Å². The van der Waals surface area contributed by atoms with Gasteiger partial charge in [-0.1, -0.05) is 0 Å². The standard InChI is InChI=1S/C27H36N8O4/c1-27(2,3)39-26(37)34-11-5-6-20(17-34)35-24-21(16-29-35)23(33-12-14-38-15-13-33)31-22(32-24)18-7-9-19(10-8-18)30-25(36)28-4/h7-10,16,20H,5-6,11-15,17H2,1-4H3,(H2,28,30,36)/t20-/m0/s1. The molecule has 2 aromatic heterocycles. The van der Waals surface area contributed by atoms with E-state index in [1.807, 2.05) is 55.9 Å². The van der Waals surface area contributed by atoms with E-state index in [1.54, 1.807) is 11.9 Å². The average Bonchev–Trinajstić information content (AvgIpc) is 3.36. The van der Waals surface area contributed by atoms with Crippen LogP contribution in [0.25, 0.3) is 22.4 Å². The van der Waals surface area contributed by atoms with Gasteiger partial charge in [-0.15, -0.1) is 0 Å². The number of fused-ring (bicyclic) bond motifs is 1. The van der Waals surface area contributed by atoms with Crippen LogP contribution in [0.5, 0.6) is 0 Å². The maximum atomic E-state index is 12.8. The Morgan fingerprint density at radius 1 is 1.08 bits per heavy atom. The van der Waals surface area contributed by atoms with Gasteiger partial charge in [0.05, 0.1) is 30.8 Å². The monoisotopic (exact) mass is 536 g/mol. The molecule has 4 heterocycles. The molecule has 2 aliphatic rings. The van der Waals surface area contributed by atoms with E-state index < -0.39 is 5.60 Å². The van der Waals surface area contributed by atoms with Gasteiger partial charge < -0.3 is 29.9 Å². The Morgan fingerprint density at radius 2 is 1.82 bits per heavy atom. The first-order valence-corrected chi connectivity index (χ1v) is 13.4. The van der Waals surface area contributed by atoms with E-state index in [9.17, 15) is 9.59 Å². The largest absolute Gasteiger partial charge is 0.444 e. The zero-order chi connectivity index (χ0) is 27.6. The quantitative estimate of drug-likeness (QED) is 0.517. The lowest BCUT2D eigenvalue weighted by molar-refractivity contribution is 0.0169. The van der Waals surface area contributed by atoms with Gasteiger partial charge in [-0.25, -0.2) is 24.2 Å². The second-order valence-corrected chi connectivity index (χ2v) is 10.8. The second-order valence-electron chi connectivity index (χ2n) is 10.8. The minimum Gasteiger partial charge on any atom is -0.444 e. The number of hydrogen-bond acceptors (Lipinski definition) is 8. The normalized spacial score (nSPS) is 18.2. The number of urea groups is 1. The number of benzene rings is 1. The fraction of sp³-hybridized carbons (Fsp3) is 0.519. The summed E-state index contributed by atoms with van der Waals surface area (Å²) in [6.07, 6.45) is 3.24. The molecule has 1 aromatic carbocycles. The summed E-state index contributed by atoms with van der Waals surface area (Å²) < 4.78 is 13.1. The molecule has 0 bridgehead atoms. The van der Waals surface area contributed by atoms with Crippen LogP contribution in [-0.4, -0.2) is 88.8 Å². The van der Waals surface area contributed by atoms with Crippen molar-refractivity contribution in [1.29, 1.82) is 0 Å². The molecule has 0 aliphatic carbocycles. The molecule has 0 spiro atoms. The van der Waals surface area contributed by atoms with E-state index in [0.29, 0.717) is 37.8 Å². The molecule has 3 amide bonds. The topological polar surface area (TPSA) is 127 Å². The van der Waals surface area contributed by atoms with E-state index in [0.717, 1.165) is 48.3 Å². The summed E-state index contributed by atoms with van der Waals surface area (Å²) >= 11 is 0. The number of ether oxygens (including phenoxy) is 2. The summed E-state index contributed by atoms with van der Waals surface area (Å²) in [5, 5.41) is 10.9. The summed E-state index contributed by atoms with van der Waals surface area (Å²) in [5.41, 5.74) is 1.66. The predicted molar refractivity (Wildman–Crippen MR) is 148 cm³/mol. The first-order valence-electron chi connectivity index (χ1n) is 13.4. The van der Waals surface area contributed by atoms with Crippen LogP contribution in [0.2, 0.25) is 0 Å². The number of carbonyl (C=O) groups is 2. The minimum absolute atomic E-state index is 0.0387. The Morgan fingerprint density at radius 3 is 2.51 bits per heavy atom. The number of nitrogens with one attached hydrogen (secondary N) is 2. The minimum atomic E-state index is -0.553. The highest BCUT2D eigenvalue weighted by atomic mass is 16.6. The van der Waals surface area contributed by atoms with Gasteiger partial charge in [0, 0.05) is 44.5 Å². The second kappa shape index (κ2) is 11.0. The number of rotatable bonds is 4. The molecule has 0 unspecified atom stereocenters. The zero-order valence-corrected chi connectivity index (χ0v) is 22.9. The lowest BCUT2D eigenvalue weighted by atomic mass is 10.1. The van der Waals surface area contributed by atoms with Gasteiger partial charge in [0.25, 0.3) is 0 Å². The third kappa shape index (κ3) is 6.06. The fourth-order valence-electron chi connectivity index (χ4n) is 4.87. The first kappa shape index (κ1) is 26.7. The molecule has 1 atom stereocenters. The highest BCUT2D eigenvalue weighted by Crippen LogP contribution is 2.32. The molecular weight excluding hydrogens is 500 g/mol. The van der Waals surface area contributed by atoms with Crippen LogP contribution < -0.4 is 15.5 Å². The van der Waals surface area contributed by atoms with E-state index in [2.05, 4.69) is 15.5 Å². The number of aromatic nitrogens is 4. The average molecular weight is 537 g/mol. The number of amides is 3. The molecular formula is C27H36N8O4. The number of likely N-dealkylation sites (tertiary alicyclic amines) is 1. The number of piperidine rings is 1. The number of carbonyl (C=O) groups excluding carboxylic acids is 2. The van der Waals surface area contributed by atoms with Gasteiger partial charge >= 0.3 is 12.1 Å². The Labute approximate surface area is 227 Å². The van der Waals surface area contributed by atoms with Crippen molar-refractivity contribution in [2.45, 2.75) is 45.3 Å². The molecule has 208 valence electrons. The zero-order valence-electron chi connectivity index (χ0n) is 22.9. The number of hydrogen-bond donors (Lipinski definition) is 2. The Bertz CT molecular complexity index is 1330. The van der Waals surface area contributed by atoms with Crippen molar-refractivity contribution in [2.75, 3.05) is 56.7 Å². The molecule has 3 aromatic rings. The maximum absolute atomic E-state index is 12.8. The van der Waals surface area contributed by atoms with Crippen molar-refractivity contribution in [2.24, 2.45) is 0 Å². The summed E-state index contributed by atoms with van der Waals surface area (Å²) in [6.45, 7) is 9.48. The Balaban J connectivity index is 1.50. The van der Waals surface area contributed by atoms with Crippen LogP contribution in [0.4, 0.5) is 21.1 Å². The van der Waals surface area contributed by atoms with Crippen molar-refractivity contribution >= 4 is 34.7 Å². The highest BCUT2D eigenvalue weighted by molar-refractivity contribution is 5.90. The molecule has 0 radical (unpaired) electrons. The number of anilines is 2. The third-order valence-electron chi connectivity index (χ3n) is 6.77. The number of morpholine rings is 1. The van der Waals surface area contributed by atoms with Crippen LogP contribution in [0, 0.1) is 0 Å². The van der Waals surface area contributed by atoms with Gasteiger partial charge in [-0.2, -0.15) is 5.10 Å². The van der Waals surface area contributed by atoms with Crippen molar-refractivity contribution in [3.8, 4) is 11.4 Å². The van der Waals surface area contributed by atoms with E-state index in [1.165, 1.54) is 0 Å². The SMILES string of the molecule is CNC(=O)Nc1ccc(-c2nc(N3CCOCC3)c3cnn([C@H]4CCCN(C(=O)OC(C)(C)C)C4)c3n2)cc1. The first-order chi connectivity index (χ1) is 18.7. The molecule has 2 aliphatic heterocycles. The lowest BCUT2D eigenvalue weighted by Gasteiger charge is -2.34. The molecule has 2 N–H and O–H groups in total. The molecule has 2 saturated heterocycles.